The third-order valence-corrected chi connectivity index (χ3v) is 5.37. The number of carbonyl (C=O) groups excluding carboxylic acids is 2. The van der Waals surface area contributed by atoms with Gasteiger partial charge in [-0.15, -0.1) is 0 Å². The third-order valence-electron chi connectivity index (χ3n) is 5.37. The number of anilines is 1. The van der Waals surface area contributed by atoms with E-state index in [1.54, 1.807) is 0 Å². The number of fused-ring (bicyclic) bond motifs is 1. The van der Waals surface area contributed by atoms with Crippen LogP contribution in [0, 0.1) is 5.92 Å². The Morgan fingerprint density at radius 3 is 2.55 bits per heavy atom. The molecular weight excluding hydrogens is 392 g/mol. The fraction of sp³-hybridized carbons (Fsp3) is 0.375. The largest absolute Gasteiger partial charge is 0.484 e. The summed E-state index contributed by atoms with van der Waals surface area (Å²) in [6.07, 6.45) is 2.34. The summed E-state index contributed by atoms with van der Waals surface area (Å²) in [7, 11) is 1.96. The van der Waals surface area contributed by atoms with Crippen molar-refractivity contribution in [3.8, 4) is 5.75 Å². The van der Waals surface area contributed by atoms with Gasteiger partial charge in [0.2, 0.25) is 5.91 Å². The minimum Gasteiger partial charge on any atom is -0.484 e. The number of benzene rings is 2. The van der Waals surface area contributed by atoms with Gasteiger partial charge in [0.1, 0.15) is 11.6 Å². The molecule has 31 heavy (non-hydrogen) atoms. The number of aromatic nitrogens is 2. The Kier molecular flexibility index (Phi) is 7.65. The first-order valence-electron chi connectivity index (χ1n) is 10.7. The second-order valence-corrected chi connectivity index (χ2v) is 7.49. The van der Waals surface area contributed by atoms with Crippen molar-refractivity contribution >= 4 is 28.5 Å². The highest BCUT2D eigenvalue weighted by Crippen LogP contribution is 2.20. The topological polar surface area (TPSA) is 85.2 Å². The van der Waals surface area contributed by atoms with E-state index in [-0.39, 0.29) is 24.3 Å². The fourth-order valence-corrected chi connectivity index (χ4v) is 3.52. The zero-order valence-corrected chi connectivity index (χ0v) is 18.4. The number of imidazole rings is 1. The summed E-state index contributed by atoms with van der Waals surface area (Å²) in [6.45, 7) is 4.55. The molecule has 0 aliphatic heterocycles. The quantitative estimate of drug-likeness (QED) is 0.522. The zero-order chi connectivity index (χ0) is 22.2. The van der Waals surface area contributed by atoms with Crippen molar-refractivity contribution in [3.05, 3.63) is 54.4 Å². The Morgan fingerprint density at radius 2 is 1.84 bits per heavy atom. The van der Waals surface area contributed by atoms with E-state index in [1.165, 1.54) is 0 Å². The number of hydrogen-bond donors (Lipinski definition) is 2. The number of carbonyl (C=O) groups is 2. The van der Waals surface area contributed by atoms with Gasteiger partial charge >= 0.3 is 0 Å². The van der Waals surface area contributed by atoms with Crippen LogP contribution in [0.5, 0.6) is 5.75 Å². The van der Waals surface area contributed by atoms with Gasteiger partial charge in [0.25, 0.3) is 5.91 Å². The number of rotatable bonds is 10. The minimum absolute atomic E-state index is 0.0638. The standard InChI is InChI=1S/C24H30N4O3/c1-4-17(5-2)24(30)25-14-13-22-27-20-15-18(11-12-21(20)28(22)3)26-23(29)16-31-19-9-7-6-8-10-19/h6-12,15,17H,4-5,13-14,16H2,1-3H3,(H,25,30)(H,26,29). The maximum atomic E-state index is 12.2. The molecular formula is C24H30N4O3. The highest BCUT2D eigenvalue weighted by atomic mass is 16.5. The summed E-state index contributed by atoms with van der Waals surface area (Å²) < 4.78 is 7.50. The Balaban J connectivity index is 1.58. The fourth-order valence-electron chi connectivity index (χ4n) is 3.52. The molecule has 0 atom stereocenters. The van der Waals surface area contributed by atoms with Crippen LogP contribution >= 0.6 is 0 Å². The SMILES string of the molecule is CCC(CC)C(=O)NCCc1nc2cc(NC(=O)COc3ccccc3)ccc2n1C. The molecule has 0 aliphatic rings. The number of nitrogens with zero attached hydrogens (tertiary/aromatic N) is 2. The van der Waals surface area contributed by atoms with Crippen LogP contribution in [0.1, 0.15) is 32.5 Å². The van der Waals surface area contributed by atoms with E-state index in [0.717, 1.165) is 29.7 Å². The molecule has 1 aromatic heterocycles. The van der Waals surface area contributed by atoms with Crippen molar-refractivity contribution in [2.24, 2.45) is 13.0 Å². The van der Waals surface area contributed by atoms with Crippen molar-refractivity contribution in [1.82, 2.24) is 14.9 Å². The first kappa shape index (κ1) is 22.3. The lowest BCUT2D eigenvalue weighted by Crippen LogP contribution is -2.32. The summed E-state index contributed by atoms with van der Waals surface area (Å²) in [4.78, 5) is 29.0. The average molecular weight is 423 g/mol. The maximum Gasteiger partial charge on any atom is 0.262 e. The van der Waals surface area contributed by atoms with E-state index >= 15 is 0 Å². The third kappa shape index (κ3) is 5.84. The van der Waals surface area contributed by atoms with Crippen LogP contribution in [0.2, 0.25) is 0 Å². The van der Waals surface area contributed by atoms with Gasteiger partial charge in [-0.25, -0.2) is 4.98 Å². The lowest BCUT2D eigenvalue weighted by Gasteiger charge is -2.12. The lowest BCUT2D eigenvalue weighted by atomic mass is 10.0. The second-order valence-electron chi connectivity index (χ2n) is 7.49. The first-order chi connectivity index (χ1) is 15.0. The number of aryl methyl sites for hydroxylation is 1. The first-order valence-corrected chi connectivity index (χ1v) is 10.7. The Labute approximate surface area is 182 Å². The van der Waals surface area contributed by atoms with Gasteiger partial charge in [0.05, 0.1) is 11.0 Å². The second kappa shape index (κ2) is 10.6. The molecule has 7 nitrogen and oxygen atoms in total. The summed E-state index contributed by atoms with van der Waals surface area (Å²) in [6, 6.07) is 14.9. The Bertz CT molecular complexity index is 1030. The molecule has 0 bridgehead atoms. The monoisotopic (exact) mass is 422 g/mol. The van der Waals surface area contributed by atoms with Crippen molar-refractivity contribution in [1.29, 1.82) is 0 Å². The van der Waals surface area contributed by atoms with Gasteiger partial charge < -0.3 is 19.9 Å². The molecule has 2 N–H and O–H groups in total. The summed E-state index contributed by atoms with van der Waals surface area (Å²) in [5.74, 6) is 1.47. The summed E-state index contributed by atoms with van der Waals surface area (Å²) in [5.41, 5.74) is 2.44. The maximum absolute atomic E-state index is 12.2. The zero-order valence-electron chi connectivity index (χ0n) is 18.4. The van der Waals surface area contributed by atoms with Crippen molar-refractivity contribution in [3.63, 3.8) is 0 Å². The molecule has 3 aromatic rings. The summed E-state index contributed by atoms with van der Waals surface area (Å²) >= 11 is 0. The Morgan fingerprint density at radius 1 is 1.10 bits per heavy atom. The highest BCUT2D eigenvalue weighted by molar-refractivity contribution is 5.94. The Hall–Kier alpha value is -3.35. The van der Waals surface area contributed by atoms with Gasteiger partial charge in [0.15, 0.2) is 6.61 Å². The van der Waals surface area contributed by atoms with Crippen LogP contribution < -0.4 is 15.4 Å². The van der Waals surface area contributed by atoms with Crippen molar-refractivity contribution in [2.45, 2.75) is 33.1 Å². The van der Waals surface area contributed by atoms with E-state index in [2.05, 4.69) is 15.6 Å². The van der Waals surface area contributed by atoms with Crippen LogP contribution in [0.4, 0.5) is 5.69 Å². The molecule has 164 valence electrons. The molecule has 2 amide bonds. The van der Waals surface area contributed by atoms with E-state index in [4.69, 9.17) is 4.74 Å². The molecule has 0 radical (unpaired) electrons. The number of para-hydroxylation sites is 1. The number of hydrogen-bond acceptors (Lipinski definition) is 4. The predicted octanol–water partition coefficient (Wildman–Crippen LogP) is 3.69. The lowest BCUT2D eigenvalue weighted by molar-refractivity contribution is -0.125. The minimum atomic E-state index is -0.233. The number of amides is 2. The molecule has 0 saturated carbocycles. The highest BCUT2D eigenvalue weighted by Gasteiger charge is 2.14. The van der Waals surface area contributed by atoms with Crippen LogP contribution in [0.3, 0.4) is 0 Å². The normalized spacial score (nSPS) is 11.0. The molecule has 0 saturated heterocycles. The average Bonchev–Trinajstić information content (AvgIpc) is 3.09. The van der Waals surface area contributed by atoms with Crippen molar-refractivity contribution in [2.75, 3.05) is 18.5 Å². The van der Waals surface area contributed by atoms with Crippen LogP contribution in [0.15, 0.2) is 48.5 Å². The van der Waals surface area contributed by atoms with Crippen LogP contribution in [-0.2, 0) is 23.1 Å². The number of ether oxygens (including phenoxy) is 1. The molecule has 2 aromatic carbocycles. The number of nitrogens with one attached hydrogen (secondary N) is 2. The smallest absolute Gasteiger partial charge is 0.262 e. The van der Waals surface area contributed by atoms with Gasteiger partial charge in [-0.1, -0.05) is 32.0 Å². The molecule has 0 unspecified atom stereocenters. The van der Waals surface area contributed by atoms with Gasteiger partial charge in [-0.2, -0.15) is 0 Å². The molecule has 1 heterocycles. The van der Waals surface area contributed by atoms with Gasteiger partial charge in [-0.05, 0) is 43.2 Å². The van der Waals surface area contributed by atoms with Crippen LogP contribution in [0.25, 0.3) is 11.0 Å². The van der Waals surface area contributed by atoms with E-state index in [0.29, 0.717) is 24.4 Å². The van der Waals surface area contributed by atoms with E-state index in [9.17, 15) is 9.59 Å². The van der Waals surface area contributed by atoms with E-state index in [1.807, 2.05) is 74.0 Å². The van der Waals surface area contributed by atoms with E-state index < -0.39 is 0 Å². The molecule has 0 aliphatic carbocycles. The molecule has 3 rings (SSSR count). The van der Waals surface area contributed by atoms with Gasteiger partial charge in [0, 0.05) is 31.6 Å². The molecule has 7 heteroatoms. The predicted molar refractivity (Wildman–Crippen MR) is 122 cm³/mol. The van der Waals surface area contributed by atoms with Crippen molar-refractivity contribution < 1.29 is 14.3 Å². The summed E-state index contributed by atoms with van der Waals surface area (Å²) in [5, 5.41) is 5.85. The van der Waals surface area contributed by atoms with Crippen LogP contribution in [-0.4, -0.2) is 34.5 Å². The van der Waals surface area contributed by atoms with Gasteiger partial charge in [-0.3, -0.25) is 9.59 Å². The molecule has 0 fully saturated rings. The molecule has 0 spiro atoms.